The summed E-state index contributed by atoms with van der Waals surface area (Å²) in [6.07, 6.45) is 5.23. The lowest BCUT2D eigenvalue weighted by Crippen LogP contribution is -2.12. The van der Waals surface area contributed by atoms with Crippen molar-refractivity contribution < 1.29 is 9.23 Å². The maximum atomic E-state index is 13.7. The van der Waals surface area contributed by atoms with E-state index in [0.29, 0.717) is 35.0 Å². The third-order valence-electron chi connectivity index (χ3n) is 3.69. The van der Waals surface area contributed by atoms with Gasteiger partial charge in [-0.25, -0.2) is 9.37 Å². The van der Waals surface area contributed by atoms with Crippen LogP contribution in [-0.4, -0.2) is 21.9 Å². The predicted molar refractivity (Wildman–Crippen MR) is 104 cm³/mol. The lowest BCUT2D eigenvalue weighted by atomic mass is 10.1. The highest BCUT2D eigenvalue weighted by Crippen LogP contribution is 2.20. The van der Waals surface area contributed by atoms with Crippen molar-refractivity contribution in [3.8, 4) is 11.8 Å². The Kier molecular flexibility index (Phi) is 6.24. The molecule has 0 radical (unpaired) electrons. The molecule has 136 valence electrons. The molecule has 0 saturated heterocycles. The summed E-state index contributed by atoms with van der Waals surface area (Å²) in [4.78, 5) is 9.26. The van der Waals surface area contributed by atoms with Crippen LogP contribution < -0.4 is 0 Å². The summed E-state index contributed by atoms with van der Waals surface area (Å²) in [5, 5.41) is 4.68. The lowest BCUT2D eigenvalue weighted by Gasteiger charge is -2.09. The fraction of sp³-hybridized carbons (Fsp3) is 0.143. The van der Waals surface area contributed by atoms with Crippen molar-refractivity contribution in [3.63, 3.8) is 0 Å². The number of aromatic nitrogens is 2. The van der Waals surface area contributed by atoms with E-state index in [0.717, 1.165) is 5.56 Å². The Labute approximate surface area is 162 Å². The molecule has 0 aliphatic rings. The van der Waals surface area contributed by atoms with Crippen molar-refractivity contribution in [2.45, 2.75) is 13.5 Å². The van der Waals surface area contributed by atoms with Gasteiger partial charge in [0.25, 0.3) is 0 Å². The molecule has 0 spiro atoms. The first-order chi connectivity index (χ1) is 13.2. The molecular formula is C21H17ClFN3O. The zero-order chi connectivity index (χ0) is 19.1. The molecule has 2 aromatic carbocycles. The van der Waals surface area contributed by atoms with E-state index in [9.17, 15) is 4.39 Å². The molecule has 3 rings (SSSR count). The average molecular weight is 382 g/mol. The smallest absolute Gasteiger partial charge is 0.138 e. The highest BCUT2D eigenvalue weighted by molar-refractivity contribution is 6.34. The van der Waals surface area contributed by atoms with Crippen molar-refractivity contribution >= 4 is 17.3 Å². The van der Waals surface area contributed by atoms with Gasteiger partial charge >= 0.3 is 0 Å². The van der Waals surface area contributed by atoms with Gasteiger partial charge in [-0.05, 0) is 31.2 Å². The summed E-state index contributed by atoms with van der Waals surface area (Å²) >= 11 is 6.45. The van der Waals surface area contributed by atoms with Gasteiger partial charge in [0.1, 0.15) is 18.1 Å². The van der Waals surface area contributed by atoms with Crippen LogP contribution in [0.2, 0.25) is 5.02 Å². The third-order valence-corrected chi connectivity index (χ3v) is 4.00. The Bertz CT molecular complexity index is 1000. The van der Waals surface area contributed by atoms with Crippen molar-refractivity contribution in [3.05, 3.63) is 88.7 Å². The monoisotopic (exact) mass is 381 g/mol. The molecule has 0 saturated carbocycles. The Morgan fingerprint density at radius 2 is 2.11 bits per heavy atom. The summed E-state index contributed by atoms with van der Waals surface area (Å²) in [6.45, 7) is 2.79. The molecule has 27 heavy (non-hydrogen) atoms. The molecule has 0 N–H and O–H groups in total. The minimum atomic E-state index is -0.348. The second-order valence-corrected chi connectivity index (χ2v) is 6.02. The first-order valence-corrected chi connectivity index (χ1v) is 8.76. The van der Waals surface area contributed by atoms with Crippen LogP contribution in [0.25, 0.3) is 0 Å². The Morgan fingerprint density at radius 3 is 2.81 bits per heavy atom. The Balaban J connectivity index is 1.87. The summed E-state index contributed by atoms with van der Waals surface area (Å²) in [5.74, 6) is 5.41. The van der Waals surface area contributed by atoms with Gasteiger partial charge in [0.05, 0.1) is 23.5 Å². The van der Waals surface area contributed by atoms with Crippen LogP contribution in [0.4, 0.5) is 4.39 Å². The van der Waals surface area contributed by atoms with Gasteiger partial charge in [-0.1, -0.05) is 46.8 Å². The normalized spacial score (nSPS) is 11.0. The van der Waals surface area contributed by atoms with E-state index >= 15 is 0 Å². The van der Waals surface area contributed by atoms with E-state index in [2.05, 4.69) is 22.0 Å². The van der Waals surface area contributed by atoms with Gasteiger partial charge in [-0.15, -0.1) is 0 Å². The second-order valence-electron chi connectivity index (χ2n) is 5.62. The molecule has 0 aliphatic carbocycles. The summed E-state index contributed by atoms with van der Waals surface area (Å²) in [7, 11) is 0. The van der Waals surface area contributed by atoms with Gasteiger partial charge in [0.2, 0.25) is 0 Å². The SMILES string of the molecule is CCO/N=C(\Cn1ccnc1)c1ccc(C#Cc2ccccc2F)cc1Cl. The van der Waals surface area contributed by atoms with E-state index in [-0.39, 0.29) is 5.82 Å². The fourth-order valence-corrected chi connectivity index (χ4v) is 2.68. The largest absolute Gasteiger partial charge is 0.396 e. The minimum absolute atomic E-state index is 0.344. The fourth-order valence-electron chi connectivity index (χ4n) is 2.39. The van der Waals surface area contributed by atoms with Crippen LogP contribution in [0.5, 0.6) is 0 Å². The number of hydrogen-bond donors (Lipinski definition) is 0. The van der Waals surface area contributed by atoms with Gasteiger partial charge in [-0.3, -0.25) is 0 Å². The lowest BCUT2D eigenvalue weighted by molar-refractivity contribution is 0.158. The minimum Gasteiger partial charge on any atom is -0.396 e. The highest BCUT2D eigenvalue weighted by atomic mass is 35.5. The van der Waals surface area contributed by atoms with Gasteiger partial charge < -0.3 is 9.40 Å². The van der Waals surface area contributed by atoms with Crippen LogP contribution in [0, 0.1) is 17.7 Å². The summed E-state index contributed by atoms with van der Waals surface area (Å²) < 4.78 is 15.5. The zero-order valence-electron chi connectivity index (χ0n) is 14.7. The molecule has 4 nitrogen and oxygen atoms in total. The summed E-state index contributed by atoms with van der Waals surface area (Å²) in [6, 6.07) is 11.8. The number of benzene rings is 2. The van der Waals surface area contributed by atoms with Gasteiger partial charge in [-0.2, -0.15) is 0 Å². The molecule has 1 aromatic heterocycles. The molecule has 0 unspecified atom stereocenters. The predicted octanol–water partition coefficient (Wildman–Crippen LogP) is 4.52. The molecule has 0 aliphatic heterocycles. The van der Waals surface area contributed by atoms with E-state index in [4.69, 9.17) is 16.4 Å². The molecule has 6 heteroatoms. The van der Waals surface area contributed by atoms with Crippen molar-refractivity contribution in [1.29, 1.82) is 0 Å². The quantitative estimate of drug-likeness (QED) is 0.370. The molecule has 0 amide bonds. The van der Waals surface area contributed by atoms with E-state index in [1.54, 1.807) is 36.8 Å². The van der Waals surface area contributed by atoms with Crippen LogP contribution in [0.1, 0.15) is 23.6 Å². The van der Waals surface area contributed by atoms with Crippen LogP contribution in [0.3, 0.4) is 0 Å². The Morgan fingerprint density at radius 1 is 1.26 bits per heavy atom. The van der Waals surface area contributed by atoms with Crippen LogP contribution in [0.15, 0.2) is 66.3 Å². The first-order valence-electron chi connectivity index (χ1n) is 8.38. The number of nitrogens with zero attached hydrogens (tertiary/aromatic N) is 3. The number of hydrogen-bond acceptors (Lipinski definition) is 3. The molecule has 3 aromatic rings. The van der Waals surface area contributed by atoms with E-state index < -0.39 is 0 Å². The van der Waals surface area contributed by atoms with Crippen molar-refractivity contribution in [2.75, 3.05) is 6.61 Å². The topological polar surface area (TPSA) is 39.4 Å². The van der Waals surface area contributed by atoms with Crippen LogP contribution in [-0.2, 0) is 11.4 Å². The maximum absolute atomic E-state index is 13.7. The first kappa shape index (κ1) is 18.7. The number of rotatable bonds is 5. The Hall–Kier alpha value is -3.10. The average Bonchev–Trinajstić information content (AvgIpc) is 3.18. The molecule has 0 fully saturated rings. The molecule has 1 heterocycles. The molecule has 0 bridgehead atoms. The summed E-state index contributed by atoms with van der Waals surface area (Å²) in [5.41, 5.74) is 2.45. The third kappa shape index (κ3) is 4.96. The zero-order valence-corrected chi connectivity index (χ0v) is 15.4. The number of halogens is 2. The van der Waals surface area contributed by atoms with Crippen LogP contribution >= 0.6 is 11.6 Å². The number of imidazole rings is 1. The maximum Gasteiger partial charge on any atom is 0.138 e. The van der Waals surface area contributed by atoms with E-state index in [1.165, 1.54) is 6.07 Å². The number of oxime groups is 1. The second kappa shape index (κ2) is 9.02. The van der Waals surface area contributed by atoms with Gasteiger partial charge in [0, 0.05) is 23.5 Å². The van der Waals surface area contributed by atoms with Crippen molar-refractivity contribution in [2.24, 2.45) is 5.16 Å². The standard InChI is InChI=1S/C21H17ClFN3O/c1-2-27-25-21(14-26-12-11-24-15-26)18-10-8-16(13-19(18)22)7-9-17-5-3-4-6-20(17)23/h3-6,8,10-13,15H,2,14H2,1H3/b25-21+. The van der Waals surface area contributed by atoms with E-state index in [1.807, 2.05) is 29.8 Å². The molecular weight excluding hydrogens is 365 g/mol. The molecule has 0 atom stereocenters. The highest BCUT2D eigenvalue weighted by Gasteiger charge is 2.11. The van der Waals surface area contributed by atoms with Crippen molar-refractivity contribution in [1.82, 2.24) is 9.55 Å². The van der Waals surface area contributed by atoms with Gasteiger partial charge in [0.15, 0.2) is 0 Å².